The Kier molecular flexibility index (Phi) is 5.13. The lowest BCUT2D eigenvalue weighted by Gasteiger charge is -2.33. The maximum Gasteiger partial charge on any atom is 0.246 e. The molecule has 2 aromatic carbocycles. The number of benzene rings is 2. The zero-order valence-corrected chi connectivity index (χ0v) is 17.0. The van der Waals surface area contributed by atoms with Gasteiger partial charge in [0.05, 0.1) is 11.7 Å². The van der Waals surface area contributed by atoms with Gasteiger partial charge in [0.25, 0.3) is 0 Å². The summed E-state index contributed by atoms with van der Waals surface area (Å²) in [6.45, 7) is 2.21. The first-order valence-corrected chi connectivity index (χ1v) is 11.2. The summed E-state index contributed by atoms with van der Waals surface area (Å²) in [7, 11) is -3.88. The fourth-order valence-electron chi connectivity index (χ4n) is 3.50. The van der Waals surface area contributed by atoms with Crippen molar-refractivity contribution in [2.24, 2.45) is 0 Å². The van der Waals surface area contributed by atoms with E-state index in [-0.39, 0.29) is 10.8 Å². The molecular formula is C19H20N4O3S2. The van der Waals surface area contributed by atoms with Gasteiger partial charge in [-0.15, -0.1) is 0 Å². The highest BCUT2D eigenvalue weighted by Crippen LogP contribution is 2.30. The zero-order chi connectivity index (χ0) is 19.7. The van der Waals surface area contributed by atoms with E-state index in [0.29, 0.717) is 29.7 Å². The number of aromatic nitrogens is 2. The van der Waals surface area contributed by atoms with Crippen LogP contribution in [-0.2, 0) is 14.8 Å². The number of aryl methyl sites for hydroxylation is 1. The number of nitrogens with one attached hydrogen (secondary N) is 1. The smallest absolute Gasteiger partial charge is 0.246 e. The molecule has 1 saturated heterocycles. The molecule has 0 spiro atoms. The Morgan fingerprint density at radius 1 is 1.14 bits per heavy atom. The van der Waals surface area contributed by atoms with Crippen molar-refractivity contribution >= 4 is 44.4 Å². The Hall–Kier alpha value is -2.36. The quantitative estimate of drug-likeness (QED) is 0.705. The third-order valence-corrected chi connectivity index (χ3v) is 7.48. The van der Waals surface area contributed by atoms with Crippen LogP contribution in [0.1, 0.15) is 24.8 Å². The van der Waals surface area contributed by atoms with E-state index in [9.17, 15) is 13.2 Å². The van der Waals surface area contributed by atoms with Gasteiger partial charge in [-0.1, -0.05) is 30.7 Å². The average Bonchev–Trinajstić information content (AvgIpc) is 3.18. The van der Waals surface area contributed by atoms with Gasteiger partial charge in [0, 0.05) is 12.2 Å². The third-order valence-electron chi connectivity index (χ3n) is 4.99. The van der Waals surface area contributed by atoms with E-state index < -0.39 is 16.1 Å². The summed E-state index contributed by atoms with van der Waals surface area (Å²) in [6, 6.07) is 11.6. The maximum atomic E-state index is 13.4. The maximum absolute atomic E-state index is 13.4. The van der Waals surface area contributed by atoms with E-state index in [0.717, 1.165) is 30.1 Å². The number of nitrogens with zero attached hydrogens (tertiary/aromatic N) is 3. The number of hydrogen-bond acceptors (Lipinski definition) is 6. The summed E-state index contributed by atoms with van der Waals surface area (Å²) in [5.41, 5.74) is 2.53. The number of hydrogen-bond donors (Lipinski definition) is 1. The van der Waals surface area contributed by atoms with Crippen LogP contribution < -0.4 is 5.32 Å². The van der Waals surface area contributed by atoms with Crippen molar-refractivity contribution in [2.45, 2.75) is 37.1 Å². The highest BCUT2D eigenvalue weighted by atomic mass is 32.2. The Balaban J connectivity index is 1.67. The molecule has 1 aliphatic rings. The number of piperidine rings is 1. The Bertz CT molecular complexity index is 1130. The summed E-state index contributed by atoms with van der Waals surface area (Å²) in [6.07, 6.45) is 2.02. The summed E-state index contributed by atoms with van der Waals surface area (Å²) < 4.78 is 36.4. The molecule has 146 valence electrons. The van der Waals surface area contributed by atoms with Crippen LogP contribution in [0.5, 0.6) is 0 Å². The zero-order valence-electron chi connectivity index (χ0n) is 15.3. The Morgan fingerprint density at radius 3 is 2.79 bits per heavy atom. The molecule has 0 radical (unpaired) electrons. The summed E-state index contributed by atoms with van der Waals surface area (Å²) in [5, 5.41) is 2.89. The number of carbonyl (C=O) groups excluding carboxylic acids is 1. The average molecular weight is 417 g/mol. The summed E-state index contributed by atoms with van der Waals surface area (Å²) in [5.74, 6) is -0.304. The molecule has 0 bridgehead atoms. The molecule has 0 saturated carbocycles. The normalized spacial score (nSPS) is 18.2. The first-order valence-electron chi connectivity index (χ1n) is 9.08. The van der Waals surface area contributed by atoms with Gasteiger partial charge in [0.1, 0.15) is 22.0 Å². The van der Waals surface area contributed by atoms with Gasteiger partial charge in [0.2, 0.25) is 15.9 Å². The standard InChI is InChI=1S/C19H20N4O3S2/c1-13-7-2-3-8-14(13)20-19(24)16-10-4-5-12-23(16)28(25,26)17-11-6-9-15-18(17)22-27-21-15/h2-3,6-9,11,16H,4-5,10,12H2,1H3,(H,20,24)/t16-/m1/s1. The van der Waals surface area contributed by atoms with E-state index in [1.807, 2.05) is 31.2 Å². The molecule has 1 amide bonds. The van der Waals surface area contributed by atoms with Gasteiger partial charge in [-0.3, -0.25) is 4.79 Å². The SMILES string of the molecule is Cc1ccccc1NC(=O)[C@H]1CCCCN1S(=O)(=O)c1cccc2nsnc12. The van der Waals surface area contributed by atoms with Crippen molar-refractivity contribution in [3.8, 4) is 0 Å². The largest absolute Gasteiger partial charge is 0.324 e. The van der Waals surface area contributed by atoms with Crippen molar-refractivity contribution in [3.63, 3.8) is 0 Å². The van der Waals surface area contributed by atoms with Gasteiger partial charge in [-0.25, -0.2) is 8.42 Å². The van der Waals surface area contributed by atoms with Crippen LogP contribution in [0.2, 0.25) is 0 Å². The van der Waals surface area contributed by atoms with Crippen molar-refractivity contribution in [1.29, 1.82) is 0 Å². The number of carbonyl (C=O) groups is 1. The van der Waals surface area contributed by atoms with E-state index in [1.54, 1.807) is 12.1 Å². The highest BCUT2D eigenvalue weighted by Gasteiger charge is 2.38. The molecule has 3 aromatic rings. The molecular weight excluding hydrogens is 396 g/mol. The van der Waals surface area contributed by atoms with Gasteiger partial charge < -0.3 is 5.32 Å². The molecule has 9 heteroatoms. The Labute approximate surface area is 167 Å². The number of fused-ring (bicyclic) bond motifs is 1. The van der Waals surface area contributed by atoms with E-state index >= 15 is 0 Å². The van der Waals surface area contributed by atoms with Gasteiger partial charge in [-0.2, -0.15) is 13.1 Å². The third kappa shape index (κ3) is 3.41. The molecule has 28 heavy (non-hydrogen) atoms. The fraction of sp³-hybridized carbons (Fsp3) is 0.316. The van der Waals surface area contributed by atoms with Crippen molar-refractivity contribution < 1.29 is 13.2 Å². The van der Waals surface area contributed by atoms with E-state index in [2.05, 4.69) is 14.1 Å². The Morgan fingerprint density at radius 2 is 1.96 bits per heavy atom. The molecule has 0 aliphatic carbocycles. The number of sulfonamides is 1. The molecule has 1 atom stereocenters. The lowest BCUT2D eigenvalue weighted by Crippen LogP contribution is -2.49. The van der Waals surface area contributed by atoms with Crippen LogP contribution in [-0.4, -0.2) is 40.0 Å². The van der Waals surface area contributed by atoms with Gasteiger partial charge >= 0.3 is 0 Å². The molecule has 4 rings (SSSR count). The molecule has 1 aromatic heterocycles. The predicted molar refractivity (Wildman–Crippen MR) is 109 cm³/mol. The molecule has 0 unspecified atom stereocenters. The second-order valence-corrected chi connectivity index (χ2v) is 9.21. The predicted octanol–water partition coefficient (Wildman–Crippen LogP) is 3.18. The molecule has 1 aliphatic heterocycles. The first-order chi connectivity index (χ1) is 13.5. The number of rotatable bonds is 4. The first kappa shape index (κ1) is 19.0. The second kappa shape index (κ2) is 7.57. The fourth-order valence-corrected chi connectivity index (χ4v) is 5.91. The van der Waals surface area contributed by atoms with Crippen molar-refractivity contribution in [3.05, 3.63) is 48.0 Å². The lowest BCUT2D eigenvalue weighted by molar-refractivity contribution is -0.120. The lowest BCUT2D eigenvalue weighted by atomic mass is 10.0. The summed E-state index contributed by atoms with van der Waals surface area (Å²) >= 11 is 0.978. The van der Waals surface area contributed by atoms with E-state index in [4.69, 9.17) is 0 Å². The number of para-hydroxylation sites is 1. The molecule has 1 N–H and O–H groups in total. The van der Waals surface area contributed by atoms with Crippen LogP contribution >= 0.6 is 11.7 Å². The van der Waals surface area contributed by atoms with Crippen LogP contribution in [0, 0.1) is 6.92 Å². The molecule has 7 nitrogen and oxygen atoms in total. The minimum Gasteiger partial charge on any atom is -0.324 e. The van der Waals surface area contributed by atoms with Crippen molar-refractivity contribution in [2.75, 3.05) is 11.9 Å². The topological polar surface area (TPSA) is 92.3 Å². The van der Waals surface area contributed by atoms with Gasteiger partial charge in [0.15, 0.2) is 0 Å². The molecule has 2 heterocycles. The summed E-state index contributed by atoms with van der Waals surface area (Å²) in [4.78, 5) is 13.1. The number of amides is 1. The molecule has 1 fully saturated rings. The highest BCUT2D eigenvalue weighted by molar-refractivity contribution is 7.89. The second-order valence-electron chi connectivity index (χ2n) is 6.82. The van der Waals surface area contributed by atoms with E-state index in [1.165, 1.54) is 10.4 Å². The van der Waals surface area contributed by atoms with Crippen molar-refractivity contribution in [1.82, 2.24) is 13.1 Å². The van der Waals surface area contributed by atoms with Crippen LogP contribution in [0.4, 0.5) is 5.69 Å². The number of anilines is 1. The monoisotopic (exact) mass is 416 g/mol. The van der Waals surface area contributed by atoms with Gasteiger partial charge in [-0.05, 0) is 43.5 Å². The van der Waals surface area contributed by atoms with Crippen LogP contribution in [0.25, 0.3) is 11.0 Å². The van der Waals surface area contributed by atoms with Crippen LogP contribution in [0.3, 0.4) is 0 Å². The minimum atomic E-state index is -3.88. The minimum absolute atomic E-state index is 0.106. The van der Waals surface area contributed by atoms with Crippen LogP contribution in [0.15, 0.2) is 47.4 Å².